The van der Waals surface area contributed by atoms with Crippen LogP contribution < -0.4 is 5.32 Å². The van der Waals surface area contributed by atoms with Crippen LogP contribution >= 0.6 is 0 Å². The number of ketones is 1. The van der Waals surface area contributed by atoms with Crippen molar-refractivity contribution in [2.45, 2.75) is 83.5 Å². The summed E-state index contributed by atoms with van der Waals surface area (Å²) in [5.74, 6) is -2.29. The Labute approximate surface area is 206 Å². The number of rotatable bonds is 16. The molecule has 4 atom stereocenters. The second kappa shape index (κ2) is 16.1. The predicted octanol–water partition coefficient (Wildman–Crippen LogP) is 2.47. The SMILES string of the molecule is COC(C=CCCC=CC(=O)O)C(O)CC=C(C)C(O)C(C)C(=O)CCCC1CC(=O)NC(=O)C1. The van der Waals surface area contributed by atoms with Gasteiger partial charge in [0.25, 0.3) is 0 Å². The van der Waals surface area contributed by atoms with Crippen molar-refractivity contribution in [3.8, 4) is 0 Å². The van der Waals surface area contributed by atoms with Crippen LogP contribution in [0.4, 0.5) is 0 Å². The highest BCUT2D eigenvalue weighted by atomic mass is 16.5. The highest BCUT2D eigenvalue weighted by Crippen LogP contribution is 2.22. The van der Waals surface area contributed by atoms with Gasteiger partial charge in [0, 0.05) is 38.4 Å². The number of hydrogen-bond donors (Lipinski definition) is 4. The molecule has 0 aromatic carbocycles. The van der Waals surface area contributed by atoms with E-state index in [4.69, 9.17) is 9.84 Å². The van der Waals surface area contributed by atoms with E-state index < -0.39 is 30.2 Å². The highest BCUT2D eigenvalue weighted by molar-refractivity contribution is 5.97. The molecule has 1 heterocycles. The lowest BCUT2D eigenvalue weighted by Crippen LogP contribution is -2.38. The number of hydrogen-bond acceptors (Lipinski definition) is 7. The molecule has 35 heavy (non-hydrogen) atoms. The number of allylic oxidation sites excluding steroid dienone is 2. The molecule has 9 nitrogen and oxygen atoms in total. The van der Waals surface area contributed by atoms with Gasteiger partial charge in [0.05, 0.1) is 12.2 Å². The number of Topliss-reactive ketones (excluding diaryl/α,β-unsaturated/α-hetero) is 1. The van der Waals surface area contributed by atoms with Gasteiger partial charge >= 0.3 is 5.97 Å². The van der Waals surface area contributed by atoms with E-state index in [9.17, 15) is 29.4 Å². The molecule has 1 saturated heterocycles. The molecular weight excluding hydrogens is 454 g/mol. The molecule has 1 aliphatic heterocycles. The van der Waals surface area contributed by atoms with Crippen molar-refractivity contribution >= 4 is 23.6 Å². The summed E-state index contributed by atoms with van der Waals surface area (Å²) in [5, 5.41) is 31.8. The monoisotopic (exact) mass is 493 g/mol. The van der Waals surface area contributed by atoms with Gasteiger partial charge in [0.15, 0.2) is 0 Å². The maximum absolute atomic E-state index is 12.5. The number of carbonyl (C=O) groups is 4. The lowest BCUT2D eigenvalue weighted by molar-refractivity contribution is -0.135. The molecule has 0 aromatic heterocycles. The summed E-state index contributed by atoms with van der Waals surface area (Å²) in [7, 11) is 1.48. The zero-order chi connectivity index (χ0) is 26.4. The van der Waals surface area contributed by atoms with E-state index in [2.05, 4.69) is 5.32 Å². The number of methoxy groups -OCH3 is 1. The van der Waals surface area contributed by atoms with Crippen molar-refractivity contribution in [3.05, 3.63) is 36.0 Å². The molecule has 4 N–H and O–H groups in total. The Kier molecular flexibility index (Phi) is 14.0. The second-order valence-corrected chi connectivity index (χ2v) is 9.04. The quantitative estimate of drug-likeness (QED) is 0.111. The number of imide groups is 1. The molecular formula is C26H39NO8. The molecule has 1 fully saturated rings. The van der Waals surface area contributed by atoms with E-state index in [1.807, 2.05) is 6.08 Å². The number of amides is 2. The first kappa shape index (κ1) is 30.4. The van der Waals surface area contributed by atoms with Crippen LogP contribution in [0.3, 0.4) is 0 Å². The van der Waals surface area contributed by atoms with Gasteiger partial charge < -0.3 is 20.1 Å². The Hall–Kier alpha value is -2.62. The fourth-order valence-corrected chi connectivity index (χ4v) is 3.95. The Bertz CT molecular complexity index is 800. The van der Waals surface area contributed by atoms with Crippen molar-refractivity contribution in [1.82, 2.24) is 5.32 Å². The van der Waals surface area contributed by atoms with Gasteiger partial charge in [-0.3, -0.25) is 19.7 Å². The lowest BCUT2D eigenvalue weighted by atomic mass is 9.88. The number of nitrogens with one attached hydrogen (secondary N) is 1. The van der Waals surface area contributed by atoms with Crippen molar-refractivity contribution in [1.29, 1.82) is 0 Å². The summed E-state index contributed by atoms with van der Waals surface area (Å²) in [5.41, 5.74) is 0.581. The van der Waals surface area contributed by atoms with Crippen LogP contribution in [0, 0.1) is 11.8 Å². The summed E-state index contributed by atoms with van der Waals surface area (Å²) < 4.78 is 5.30. The Morgan fingerprint density at radius 1 is 1.14 bits per heavy atom. The first-order chi connectivity index (χ1) is 16.5. The van der Waals surface area contributed by atoms with Gasteiger partial charge in [-0.25, -0.2) is 4.79 Å². The van der Waals surface area contributed by atoms with Gasteiger partial charge in [0.2, 0.25) is 11.8 Å². The molecule has 1 aliphatic rings. The molecule has 0 bridgehead atoms. The van der Waals surface area contributed by atoms with Crippen LogP contribution in [-0.4, -0.2) is 64.3 Å². The fraction of sp³-hybridized carbons (Fsp3) is 0.615. The van der Waals surface area contributed by atoms with Crippen LogP contribution in [0.2, 0.25) is 0 Å². The summed E-state index contributed by atoms with van der Waals surface area (Å²) >= 11 is 0. The molecule has 0 aliphatic carbocycles. The second-order valence-electron chi connectivity index (χ2n) is 9.04. The van der Waals surface area contributed by atoms with E-state index in [1.165, 1.54) is 7.11 Å². The molecule has 0 radical (unpaired) electrons. The minimum atomic E-state index is -0.993. The van der Waals surface area contributed by atoms with E-state index in [1.54, 1.807) is 32.1 Å². The number of unbranched alkanes of at least 4 members (excludes halogenated alkanes) is 1. The van der Waals surface area contributed by atoms with Crippen LogP contribution in [0.15, 0.2) is 36.0 Å². The zero-order valence-electron chi connectivity index (χ0n) is 20.8. The van der Waals surface area contributed by atoms with E-state index in [0.717, 1.165) is 6.08 Å². The first-order valence-corrected chi connectivity index (χ1v) is 12.0. The Morgan fingerprint density at radius 2 is 1.77 bits per heavy atom. The van der Waals surface area contributed by atoms with E-state index in [-0.39, 0.29) is 36.4 Å². The molecule has 9 heteroatoms. The molecule has 0 spiro atoms. The maximum atomic E-state index is 12.5. The molecule has 196 valence electrons. The number of aliphatic carboxylic acids is 1. The standard InChI is InChI=1S/C26H39NO8/c1-17(13-14-21(29)22(35-3)11-6-4-5-7-12-25(32)33)26(34)18(2)20(28)10-8-9-19-15-23(30)27-24(31)16-19/h6-7,11-13,18-19,21-22,26,29,34H,4-5,8-10,14-16H2,1-3H3,(H,32,33)(H,27,30,31). The number of carboxylic acids is 1. The number of piperidine rings is 1. The Balaban J connectivity index is 2.47. The summed E-state index contributed by atoms with van der Waals surface area (Å²) in [4.78, 5) is 45.9. The van der Waals surface area contributed by atoms with Crippen molar-refractivity contribution < 1.29 is 39.2 Å². The average molecular weight is 494 g/mol. The largest absolute Gasteiger partial charge is 0.478 e. The number of carboxylic acid groups (broad SMARTS) is 1. The van der Waals surface area contributed by atoms with Gasteiger partial charge in [-0.2, -0.15) is 0 Å². The molecule has 2 amide bonds. The first-order valence-electron chi connectivity index (χ1n) is 12.0. The van der Waals surface area contributed by atoms with Crippen LogP contribution in [0.25, 0.3) is 0 Å². The fourth-order valence-electron chi connectivity index (χ4n) is 3.95. The molecule has 0 aromatic rings. The highest BCUT2D eigenvalue weighted by Gasteiger charge is 2.26. The third-order valence-corrected chi connectivity index (χ3v) is 6.13. The minimum Gasteiger partial charge on any atom is -0.478 e. The van der Waals surface area contributed by atoms with Crippen molar-refractivity contribution in [2.24, 2.45) is 11.8 Å². The zero-order valence-corrected chi connectivity index (χ0v) is 20.8. The molecule has 4 unspecified atom stereocenters. The minimum absolute atomic E-state index is 0.0450. The third kappa shape index (κ3) is 12.1. The normalized spacial score (nSPS) is 19.1. The summed E-state index contributed by atoms with van der Waals surface area (Å²) in [6.07, 6.45) is 8.86. The average Bonchev–Trinajstić information content (AvgIpc) is 2.80. The van der Waals surface area contributed by atoms with Crippen LogP contribution in [0.5, 0.6) is 0 Å². The number of carbonyl (C=O) groups excluding carboxylic acids is 3. The molecule has 0 saturated carbocycles. The summed E-state index contributed by atoms with van der Waals surface area (Å²) in [6, 6.07) is 0. The summed E-state index contributed by atoms with van der Waals surface area (Å²) in [6.45, 7) is 3.37. The van der Waals surface area contributed by atoms with E-state index in [0.29, 0.717) is 44.1 Å². The predicted molar refractivity (Wildman–Crippen MR) is 130 cm³/mol. The van der Waals surface area contributed by atoms with Crippen molar-refractivity contribution in [2.75, 3.05) is 7.11 Å². The van der Waals surface area contributed by atoms with E-state index >= 15 is 0 Å². The van der Waals surface area contributed by atoms with Gasteiger partial charge in [-0.15, -0.1) is 0 Å². The maximum Gasteiger partial charge on any atom is 0.327 e. The van der Waals surface area contributed by atoms with Crippen LogP contribution in [-0.2, 0) is 23.9 Å². The van der Waals surface area contributed by atoms with Gasteiger partial charge in [-0.1, -0.05) is 31.2 Å². The number of aliphatic hydroxyl groups excluding tert-OH is 2. The van der Waals surface area contributed by atoms with Crippen LogP contribution in [0.1, 0.15) is 65.2 Å². The lowest BCUT2D eigenvalue weighted by Gasteiger charge is -2.22. The molecule has 1 rings (SSSR count). The number of aliphatic hydroxyl groups is 2. The number of ether oxygens (including phenoxy) is 1. The van der Waals surface area contributed by atoms with Crippen molar-refractivity contribution in [3.63, 3.8) is 0 Å². The third-order valence-electron chi connectivity index (χ3n) is 6.13. The van der Waals surface area contributed by atoms with Gasteiger partial charge in [0.1, 0.15) is 11.9 Å². The Morgan fingerprint density at radius 3 is 2.37 bits per heavy atom. The van der Waals surface area contributed by atoms with Gasteiger partial charge in [-0.05, 0) is 50.5 Å². The smallest absolute Gasteiger partial charge is 0.327 e. The topological polar surface area (TPSA) is 150 Å².